The molecular formula is C23H27F4N7O5. The maximum absolute atomic E-state index is 13.7. The van der Waals surface area contributed by atoms with Crippen molar-refractivity contribution < 1.29 is 41.8 Å². The first-order chi connectivity index (χ1) is 18.4. The number of hydrogen-bond donors (Lipinski definition) is 3. The Morgan fingerprint density at radius 3 is 2.26 bits per heavy atom. The molecule has 4 N–H and O–H groups in total. The van der Waals surface area contributed by atoms with Gasteiger partial charge in [0.15, 0.2) is 6.10 Å². The molecule has 16 heteroatoms. The number of carboxylic acid groups (broad SMARTS) is 1. The molecular weight excluding hydrogens is 530 g/mol. The lowest BCUT2D eigenvalue weighted by Gasteiger charge is -2.36. The van der Waals surface area contributed by atoms with Gasteiger partial charge in [-0.3, -0.25) is 14.5 Å². The van der Waals surface area contributed by atoms with Gasteiger partial charge >= 0.3 is 12.1 Å². The standard InChI is InChI=1S/C21H26FN7O3.C2HF3O2/c22-15-3-1-2-4-16(15)26-20(30)13-27-5-7-28(8-6-27)18-11-19(25-14-24-18)29-9-10-32-17(12-29)21(23)31;3-2(4,5)1(6)7/h1-4,11,14,17H,5-10,12-13H2,(H2,23,31)(H,26,30);(H,6,7). The number of para-hydroxylation sites is 1. The summed E-state index contributed by atoms with van der Waals surface area (Å²) in [5, 5.41) is 9.74. The number of hydrogen-bond acceptors (Lipinski definition) is 9. The van der Waals surface area contributed by atoms with Crippen LogP contribution in [0.4, 0.5) is 34.9 Å². The lowest BCUT2D eigenvalue weighted by Crippen LogP contribution is -2.49. The van der Waals surface area contributed by atoms with Gasteiger partial charge in [-0.15, -0.1) is 0 Å². The minimum Gasteiger partial charge on any atom is -0.475 e. The lowest BCUT2D eigenvalue weighted by molar-refractivity contribution is -0.192. The largest absolute Gasteiger partial charge is 0.490 e. The van der Waals surface area contributed by atoms with Crippen LogP contribution in [0.15, 0.2) is 36.7 Å². The highest BCUT2D eigenvalue weighted by atomic mass is 19.4. The van der Waals surface area contributed by atoms with E-state index >= 15 is 0 Å². The molecule has 2 amide bonds. The number of rotatable bonds is 6. The summed E-state index contributed by atoms with van der Waals surface area (Å²) in [4.78, 5) is 47.5. The number of nitrogens with zero attached hydrogens (tertiary/aromatic N) is 5. The van der Waals surface area contributed by atoms with Crippen LogP contribution >= 0.6 is 0 Å². The number of primary amides is 1. The zero-order valence-electron chi connectivity index (χ0n) is 20.6. The number of halogens is 4. The molecule has 2 aromatic rings. The highest BCUT2D eigenvalue weighted by Crippen LogP contribution is 2.21. The van der Waals surface area contributed by atoms with Crippen molar-refractivity contribution in [1.29, 1.82) is 0 Å². The van der Waals surface area contributed by atoms with E-state index in [4.69, 9.17) is 20.4 Å². The van der Waals surface area contributed by atoms with Crippen LogP contribution in [-0.4, -0.2) is 102 Å². The van der Waals surface area contributed by atoms with Crippen LogP contribution in [0.3, 0.4) is 0 Å². The van der Waals surface area contributed by atoms with Crippen molar-refractivity contribution in [3.05, 3.63) is 42.5 Å². The number of aliphatic carboxylic acids is 1. The molecule has 12 nitrogen and oxygen atoms in total. The molecule has 0 saturated carbocycles. The smallest absolute Gasteiger partial charge is 0.475 e. The molecule has 0 bridgehead atoms. The number of piperazine rings is 1. The van der Waals surface area contributed by atoms with Gasteiger partial charge in [-0.25, -0.2) is 19.2 Å². The fourth-order valence-electron chi connectivity index (χ4n) is 3.80. The first kappa shape index (κ1) is 29.5. The lowest BCUT2D eigenvalue weighted by atomic mass is 10.2. The summed E-state index contributed by atoms with van der Waals surface area (Å²) in [5.74, 6) is -2.44. The van der Waals surface area contributed by atoms with Crippen molar-refractivity contribution in [3.63, 3.8) is 0 Å². The second-order valence-electron chi connectivity index (χ2n) is 8.54. The first-order valence-corrected chi connectivity index (χ1v) is 11.7. The Morgan fingerprint density at radius 2 is 1.67 bits per heavy atom. The van der Waals surface area contributed by atoms with Crippen LogP contribution in [0, 0.1) is 5.82 Å². The number of anilines is 3. The number of nitrogens with two attached hydrogens (primary N) is 1. The molecule has 1 unspecified atom stereocenters. The number of aromatic nitrogens is 2. The summed E-state index contributed by atoms with van der Waals surface area (Å²) in [6.07, 6.45) is -4.23. The highest BCUT2D eigenvalue weighted by molar-refractivity contribution is 5.92. The summed E-state index contributed by atoms with van der Waals surface area (Å²) in [6, 6.07) is 8.01. The van der Waals surface area contributed by atoms with Crippen LogP contribution in [0.2, 0.25) is 0 Å². The molecule has 212 valence electrons. The predicted octanol–water partition coefficient (Wildman–Crippen LogP) is 0.700. The Balaban J connectivity index is 0.000000532. The average Bonchev–Trinajstić information content (AvgIpc) is 2.90. The highest BCUT2D eigenvalue weighted by Gasteiger charge is 2.38. The SMILES string of the molecule is NC(=O)C1CN(c2cc(N3CCN(CC(=O)Nc4ccccc4F)CC3)ncn2)CCO1.O=C(O)C(F)(F)F. The average molecular weight is 558 g/mol. The molecule has 1 aromatic heterocycles. The zero-order valence-corrected chi connectivity index (χ0v) is 20.6. The van der Waals surface area contributed by atoms with E-state index in [0.29, 0.717) is 45.9 Å². The Morgan fingerprint density at radius 1 is 1.05 bits per heavy atom. The fraction of sp³-hybridized carbons (Fsp3) is 0.435. The molecule has 2 aliphatic rings. The molecule has 3 heterocycles. The molecule has 2 fully saturated rings. The number of carboxylic acids is 1. The number of carbonyl (C=O) groups excluding carboxylic acids is 2. The monoisotopic (exact) mass is 557 g/mol. The van der Waals surface area contributed by atoms with E-state index in [0.717, 1.165) is 11.6 Å². The Kier molecular flexibility index (Phi) is 9.95. The fourth-order valence-corrected chi connectivity index (χ4v) is 3.80. The molecule has 39 heavy (non-hydrogen) atoms. The van der Waals surface area contributed by atoms with Gasteiger partial charge in [0.1, 0.15) is 23.8 Å². The van der Waals surface area contributed by atoms with Gasteiger partial charge < -0.3 is 30.7 Å². The van der Waals surface area contributed by atoms with Crippen molar-refractivity contribution in [2.75, 3.05) is 67.5 Å². The minimum atomic E-state index is -5.08. The van der Waals surface area contributed by atoms with Crippen molar-refractivity contribution in [1.82, 2.24) is 14.9 Å². The maximum Gasteiger partial charge on any atom is 0.490 e. The maximum atomic E-state index is 13.7. The van der Waals surface area contributed by atoms with Gasteiger partial charge in [0, 0.05) is 38.8 Å². The van der Waals surface area contributed by atoms with E-state index in [-0.39, 0.29) is 18.1 Å². The van der Waals surface area contributed by atoms with Crippen LogP contribution in [-0.2, 0) is 19.1 Å². The van der Waals surface area contributed by atoms with Crippen molar-refractivity contribution in [2.45, 2.75) is 12.3 Å². The van der Waals surface area contributed by atoms with Crippen LogP contribution < -0.4 is 20.9 Å². The van der Waals surface area contributed by atoms with E-state index in [1.54, 1.807) is 12.1 Å². The van der Waals surface area contributed by atoms with Gasteiger partial charge in [0.05, 0.1) is 25.4 Å². The predicted molar refractivity (Wildman–Crippen MR) is 131 cm³/mol. The third-order valence-electron chi connectivity index (χ3n) is 5.80. The summed E-state index contributed by atoms with van der Waals surface area (Å²) >= 11 is 0. The molecule has 2 saturated heterocycles. The van der Waals surface area contributed by atoms with Gasteiger partial charge in [-0.1, -0.05) is 12.1 Å². The third kappa shape index (κ3) is 8.75. The van der Waals surface area contributed by atoms with Crippen LogP contribution in [0.5, 0.6) is 0 Å². The number of nitrogens with one attached hydrogen (secondary N) is 1. The number of morpholine rings is 1. The Hall–Kier alpha value is -4.05. The molecule has 0 radical (unpaired) electrons. The van der Waals surface area contributed by atoms with E-state index in [9.17, 15) is 27.2 Å². The summed E-state index contributed by atoms with van der Waals surface area (Å²) in [5.41, 5.74) is 5.56. The van der Waals surface area contributed by atoms with Gasteiger partial charge in [-0.2, -0.15) is 13.2 Å². The van der Waals surface area contributed by atoms with E-state index in [1.165, 1.54) is 18.5 Å². The number of carbonyl (C=O) groups is 3. The van der Waals surface area contributed by atoms with Gasteiger partial charge in [0.25, 0.3) is 0 Å². The molecule has 2 aliphatic heterocycles. The van der Waals surface area contributed by atoms with E-state index in [2.05, 4.69) is 20.2 Å². The van der Waals surface area contributed by atoms with Crippen molar-refractivity contribution in [3.8, 4) is 0 Å². The second-order valence-corrected chi connectivity index (χ2v) is 8.54. The summed E-state index contributed by atoms with van der Waals surface area (Å²) < 4.78 is 50.8. The summed E-state index contributed by atoms with van der Waals surface area (Å²) in [6.45, 7) is 4.30. The number of benzene rings is 1. The molecule has 0 spiro atoms. The van der Waals surface area contributed by atoms with Crippen molar-refractivity contribution >= 4 is 35.1 Å². The minimum absolute atomic E-state index is 0.186. The van der Waals surface area contributed by atoms with E-state index < -0.39 is 30.0 Å². The van der Waals surface area contributed by atoms with Gasteiger partial charge in [-0.05, 0) is 12.1 Å². The van der Waals surface area contributed by atoms with Crippen LogP contribution in [0.1, 0.15) is 0 Å². The second kappa shape index (κ2) is 13.1. The van der Waals surface area contributed by atoms with E-state index in [1.807, 2.05) is 15.9 Å². The molecule has 1 aromatic carbocycles. The molecule has 4 rings (SSSR count). The molecule has 0 aliphatic carbocycles. The van der Waals surface area contributed by atoms with Gasteiger partial charge in [0.2, 0.25) is 11.8 Å². The Labute approximate surface area is 220 Å². The Bertz CT molecular complexity index is 1160. The normalized spacial score (nSPS) is 18.1. The molecule has 1 atom stereocenters. The zero-order chi connectivity index (χ0) is 28.6. The number of alkyl halides is 3. The summed E-state index contributed by atoms with van der Waals surface area (Å²) in [7, 11) is 0. The van der Waals surface area contributed by atoms with Crippen LogP contribution in [0.25, 0.3) is 0 Å². The topological polar surface area (TPSA) is 154 Å². The number of ether oxygens (including phenoxy) is 1. The number of amides is 2. The third-order valence-corrected chi connectivity index (χ3v) is 5.80. The quantitative estimate of drug-likeness (QED) is 0.433. The van der Waals surface area contributed by atoms with Crippen molar-refractivity contribution in [2.24, 2.45) is 5.73 Å². The first-order valence-electron chi connectivity index (χ1n) is 11.7.